The molecule has 3 N–H and O–H groups in total. The Morgan fingerprint density at radius 3 is 2.88 bits per heavy atom. The fraction of sp³-hybridized carbons (Fsp3) is 0.667. The third-order valence-corrected chi connectivity index (χ3v) is 0.760. The van der Waals surface area contributed by atoms with Crippen molar-refractivity contribution in [3.8, 4) is 0 Å². The molecule has 48 valence electrons. The van der Waals surface area contributed by atoms with Gasteiger partial charge in [-0.1, -0.05) is 13.0 Å². The van der Waals surface area contributed by atoms with Crippen LogP contribution in [-0.2, 0) is 0 Å². The van der Waals surface area contributed by atoms with Crippen molar-refractivity contribution in [1.82, 2.24) is 5.32 Å². The molecule has 0 aromatic rings. The van der Waals surface area contributed by atoms with Gasteiger partial charge in [-0.15, -0.1) is 0 Å². The summed E-state index contributed by atoms with van der Waals surface area (Å²) in [5.74, 6) is 0. The molecular formula is C6H14N2. The highest BCUT2D eigenvalue weighted by Crippen LogP contribution is 1.73. The molecule has 0 unspecified atom stereocenters. The lowest BCUT2D eigenvalue weighted by atomic mass is 10.5. The van der Waals surface area contributed by atoms with E-state index >= 15 is 0 Å². The van der Waals surface area contributed by atoms with E-state index in [2.05, 4.69) is 18.3 Å². The van der Waals surface area contributed by atoms with E-state index in [9.17, 15) is 0 Å². The number of rotatable bonds is 4. The first-order valence-corrected chi connectivity index (χ1v) is 3.00. The molecule has 0 amide bonds. The minimum atomic E-state index is 0.702. The van der Waals surface area contributed by atoms with E-state index in [4.69, 9.17) is 5.73 Å². The lowest BCUT2D eigenvalue weighted by Gasteiger charge is -1.92. The Morgan fingerprint density at radius 1 is 1.62 bits per heavy atom. The second-order valence-corrected chi connectivity index (χ2v) is 1.55. The summed E-state index contributed by atoms with van der Waals surface area (Å²) in [4.78, 5) is 0. The number of nitrogens with two attached hydrogens (primary N) is 1. The molecule has 0 aliphatic heterocycles. The van der Waals surface area contributed by atoms with Crippen LogP contribution >= 0.6 is 0 Å². The second kappa shape index (κ2) is 6.50. The monoisotopic (exact) mass is 114 g/mol. The van der Waals surface area contributed by atoms with Crippen molar-refractivity contribution < 1.29 is 0 Å². The zero-order valence-electron chi connectivity index (χ0n) is 5.35. The van der Waals surface area contributed by atoms with Crippen LogP contribution in [0.5, 0.6) is 0 Å². The van der Waals surface area contributed by atoms with Gasteiger partial charge in [0.15, 0.2) is 0 Å². The van der Waals surface area contributed by atoms with Crippen LogP contribution < -0.4 is 11.1 Å². The van der Waals surface area contributed by atoms with Crippen molar-refractivity contribution in [3.63, 3.8) is 0 Å². The molecule has 2 heteroatoms. The van der Waals surface area contributed by atoms with E-state index < -0.39 is 0 Å². The minimum Gasteiger partial charge on any atom is -0.390 e. The summed E-state index contributed by atoms with van der Waals surface area (Å²) < 4.78 is 0. The average Bonchev–Trinajstić information content (AvgIpc) is 1.81. The van der Waals surface area contributed by atoms with Crippen molar-refractivity contribution in [1.29, 1.82) is 0 Å². The van der Waals surface area contributed by atoms with Crippen LogP contribution in [0, 0.1) is 0 Å². The molecule has 0 heterocycles. The number of nitrogens with one attached hydrogen (secondary N) is 1. The predicted molar refractivity (Wildman–Crippen MR) is 36.5 cm³/mol. The van der Waals surface area contributed by atoms with Crippen LogP contribution in [0.3, 0.4) is 0 Å². The van der Waals surface area contributed by atoms with Crippen molar-refractivity contribution in [2.24, 2.45) is 5.73 Å². The van der Waals surface area contributed by atoms with Gasteiger partial charge in [0.05, 0.1) is 0 Å². The Balaban J connectivity index is 2.80. The maximum absolute atomic E-state index is 5.21. The lowest BCUT2D eigenvalue weighted by molar-refractivity contribution is 0.838. The van der Waals surface area contributed by atoms with Crippen molar-refractivity contribution >= 4 is 0 Å². The highest BCUT2D eigenvalue weighted by Gasteiger charge is 1.70. The molecule has 0 aliphatic rings. The molecule has 0 fully saturated rings. The first kappa shape index (κ1) is 7.50. The Morgan fingerprint density at radius 2 is 2.38 bits per heavy atom. The van der Waals surface area contributed by atoms with Crippen LogP contribution in [0.25, 0.3) is 0 Å². The maximum Gasteiger partial charge on any atom is 0.0264 e. The van der Waals surface area contributed by atoms with Gasteiger partial charge >= 0.3 is 0 Å². The largest absolute Gasteiger partial charge is 0.390 e. The summed E-state index contributed by atoms with van der Waals surface area (Å²) in [6.45, 7) is 3.67. The Labute approximate surface area is 50.8 Å². The minimum absolute atomic E-state index is 0.702. The molecule has 0 aromatic heterocycles. The number of hydrogen-bond acceptors (Lipinski definition) is 2. The third kappa shape index (κ3) is 5.50. The van der Waals surface area contributed by atoms with Crippen LogP contribution in [0.2, 0.25) is 0 Å². The van der Waals surface area contributed by atoms with E-state index in [0.29, 0.717) is 6.54 Å². The Kier molecular flexibility index (Phi) is 6.09. The summed E-state index contributed by atoms with van der Waals surface area (Å²) in [5, 5.41) is 3.03. The zero-order valence-corrected chi connectivity index (χ0v) is 5.35. The highest BCUT2D eigenvalue weighted by atomic mass is 14.8. The van der Waals surface area contributed by atoms with E-state index in [1.54, 1.807) is 0 Å². The van der Waals surface area contributed by atoms with Crippen LogP contribution in [-0.4, -0.2) is 13.1 Å². The standard InChI is InChI=1S/C6H14N2/c1-2-3-5-8-6-4-7/h3,5,8H,2,4,6-7H2,1H3. The summed E-state index contributed by atoms with van der Waals surface area (Å²) >= 11 is 0. The van der Waals surface area contributed by atoms with Gasteiger partial charge in [0, 0.05) is 13.1 Å². The van der Waals surface area contributed by atoms with Gasteiger partial charge < -0.3 is 11.1 Å². The molecule has 0 saturated heterocycles. The van der Waals surface area contributed by atoms with Crippen molar-refractivity contribution in [2.75, 3.05) is 13.1 Å². The molecule has 0 rings (SSSR count). The molecule has 0 spiro atoms. The fourth-order valence-electron chi connectivity index (χ4n) is 0.368. The summed E-state index contributed by atoms with van der Waals surface area (Å²) in [7, 11) is 0. The van der Waals surface area contributed by atoms with Gasteiger partial charge in [-0.25, -0.2) is 0 Å². The van der Waals surface area contributed by atoms with E-state index in [0.717, 1.165) is 13.0 Å². The Bertz CT molecular complexity index is 59.5. The quantitative estimate of drug-likeness (QED) is 0.521. The molecule has 8 heavy (non-hydrogen) atoms. The van der Waals surface area contributed by atoms with Gasteiger partial charge in [-0.2, -0.15) is 0 Å². The maximum atomic E-state index is 5.21. The first-order valence-electron chi connectivity index (χ1n) is 3.00. The van der Waals surface area contributed by atoms with E-state index in [1.807, 2.05) is 6.20 Å². The topological polar surface area (TPSA) is 38.0 Å². The number of allylic oxidation sites excluding steroid dienone is 1. The molecule has 0 saturated carbocycles. The lowest BCUT2D eigenvalue weighted by Crippen LogP contribution is -2.16. The van der Waals surface area contributed by atoms with Gasteiger partial charge in [0.25, 0.3) is 0 Å². The molecule has 2 nitrogen and oxygen atoms in total. The zero-order chi connectivity index (χ0) is 6.24. The van der Waals surface area contributed by atoms with Crippen molar-refractivity contribution in [2.45, 2.75) is 13.3 Å². The molecule has 0 bridgehead atoms. The van der Waals surface area contributed by atoms with Gasteiger partial charge in [-0.3, -0.25) is 0 Å². The Hall–Kier alpha value is -0.500. The highest BCUT2D eigenvalue weighted by molar-refractivity contribution is 4.77. The normalized spacial score (nSPS) is 10.2. The van der Waals surface area contributed by atoms with E-state index in [1.165, 1.54) is 0 Å². The van der Waals surface area contributed by atoms with Crippen LogP contribution in [0.4, 0.5) is 0 Å². The predicted octanol–water partition coefficient (Wildman–Crippen LogP) is 0.458. The third-order valence-electron chi connectivity index (χ3n) is 0.760. The average molecular weight is 114 g/mol. The summed E-state index contributed by atoms with van der Waals surface area (Å²) in [6, 6.07) is 0. The first-order chi connectivity index (χ1) is 3.91. The van der Waals surface area contributed by atoms with Crippen LogP contribution in [0.15, 0.2) is 12.3 Å². The summed E-state index contributed by atoms with van der Waals surface area (Å²) in [6.07, 6.45) is 5.08. The molecule has 0 aromatic carbocycles. The summed E-state index contributed by atoms with van der Waals surface area (Å²) in [5.41, 5.74) is 5.21. The van der Waals surface area contributed by atoms with Gasteiger partial charge in [0.2, 0.25) is 0 Å². The van der Waals surface area contributed by atoms with Gasteiger partial charge in [0.1, 0.15) is 0 Å². The fourth-order valence-corrected chi connectivity index (χ4v) is 0.368. The molecular weight excluding hydrogens is 100 g/mol. The smallest absolute Gasteiger partial charge is 0.0264 e. The number of hydrogen-bond donors (Lipinski definition) is 2. The molecule has 0 aliphatic carbocycles. The van der Waals surface area contributed by atoms with Gasteiger partial charge in [-0.05, 0) is 12.6 Å². The molecule has 0 radical (unpaired) electrons. The van der Waals surface area contributed by atoms with Crippen LogP contribution in [0.1, 0.15) is 13.3 Å². The molecule has 0 atom stereocenters. The second-order valence-electron chi connectivity index (χ2n) is 1.55. The van der Waals surface area contributed by atoms with E-state index in [-0.39, 0.29) is 0 Å². The van der Waals surface area contributed by atoms with Crippen molar-refractivity contribution in [3.05, 3.63) is 12.3 Å². The SMILES string of the molecule is CCC=CNCCN.